The first-order chi connectivity index (χ1) is 14.2. The highest BCUT2D eigenvalue weighted by Gasteiger charge is 2.34. The van der Waals surface area contributed by atoms with Gasteiger partial charge in [0.25, 0.3) is 0 Å². The number of hydrogen-bond donors (Lipinski definition) is 0. The number of carbonyl (C=O) groups excluding carboxylic acids is 1. The molecule has 0 spiro atoms. The van der Waals surface area contributed by atoms with Crippen LogP contribution < -0.4 is 9.64 Å². The minimum atomic E-state index is 0.114. The second-order valence-electron chi connectivity index (χ2n) is 7.65. The topological polar surface area (TPSA) is 47.4 Å². The summed E-state index contributed by atoms with van der Waals surface area (Å²) in [6.07, 6.45) is 4.03. The van der Waals surface area contributed by atoms with Gasteiger partial charge in [-0.25, -0.2) is 4.98 Å². The first-order valence-electron chi connectivity index (χ1n) is 10.7. The summed E-state index contributed by atoms with van der Waals surface area (Å²) in [5.41, 5.74) is 3.12. The molecule has 1 amide bonds. The molecule has 1 atom stereocenters. The number of rotatable bonds is 8. The Balaban J connectivity index is 1.59. The lowest BCUT2D eigenvalue weighted by Gasteiger charge is -2.18. The normalized spacial score (nSPS) is 16.7. The highest BCUT2D eigenvalue weighted by atomic mass is 16.5. The van der Waals surface area contributed by atoms with Crippen molar-refractivity contribution in [1.82, 2.24) is 9.55 Å². The number of ether oxygens (including phenoxy) is 1. The van der Waals surface area contributed by atoms with Crippen LogP contribution in [0.3, 0.4) is 0 Å². The zero-order chi connectivity index (χ0) is 20.2. The van der Waals surface area contributed by atoms with Gasteiger partial charge in [0, 0.05) is 31.1 Å². The molecule has 1 fully saturated rings. The van der Waals surface area contributed by atoms with Gasteiger partial charge < -0.3 is 14.2 Å². The Labute approximate surface area is 172 Å². The minimum absolute atomic E-state index is 0.114. The van der Waals surface area contributed by atoms with Crippen molar-refractivity contribution in [3.63, 3.8) is 0 Å². The van der Waals surface area contributed by atoms with Crippen molar-refractivity contribution in [3.05, 3.63) is 54.4 Å². The van der Waals surface area contributed by atoms with E-state index in [-0.39, 0.29) is 11.8 Å². The molecule has 0 N–H and O–H groups in total. The first kappa shape index (κ1) is 19.5. The van der Waals surface area contributed by atoms with Crippen LogP contribution in [0.5, 0.6) is 5.75 Å². The maximum Gasteiger partial charge on any atom is 0.227 e. The van der Waals surface area contributed by atoms with Gasteiger partial charge in [-0.15, -0.1) is 0 Å². The van der Waals surface area contributed by atoms with Crippen molar-refractivity contribution in [3.8, 4) is 5.75 Å². The monoisotopic (exact) mass is 391 g/mol. The van der Waals surface area contributed by atoms with Crippen molar-refractivity contribution in [1.29, 1.82) is 0 Å². The predicted molar refractivity (Wildman–Crippen MR) is 117 cm³/mol. The molecule has 1 aromatic heterocycles. The summed E-state index contributed by atoms with van der Waals surface area (Å²) in [6, 6.07) is 16.1. The van der Waals surface area contributed by atoms with Crippen LogP contribution >= 0.6 is 0 Å². The Morgan fingerprint density at radius 3 is 2.62 bits per heavy atom. The average molecular weight is 392 g/mol. The van der Waals surface area contributed by atoms with Crippen LogP contribution in [0.25, 0.3) is 11.0 Å². The Hall–Kier alpha value is -2.82. The van der Waals surface area contributed by atoms with E-state index < -0.39 is 0 Å². The van der Waals surface area contributed by atoms with E-state index in [1.54, 1.807) is 0 Å². The van der Waals surface area contributed by atoms with Crippen LogP contribution in [-0.4, -0.2) is 28.6 Å². The maximum atomic E-state index is 12.8. The van der Waals surface area contributed by atoms with Gasteiger partial charge in [-0.05, 0) is 49.7 Å². The molecule has 1 aliphatic heterocycles. The summed E-state index contributed by atoms with van der Waals surface area (Å²) < 4.78 is 7.86. The number of aromatic nitrogens is 2. The molecule has 0 radical (unpaired) electrons. The van der Waals surface area contributed by atoms with Gasteiger partial charge in [0.05, 0.1) is 17.6 Å². The zero-order valence-corrected chi connectivity index (χ0v) is 17.3. The molecule has 2 heterocycles. The van der Waals surface area contributed by atoms with Crippen LogP contribution in [0, 0.1) is 0 Å². The van der Waals surface area contributed by atoms with Crippen LogP contribution in [0.1, 0.15) is 51.3 Å². The molecule has 1 saturated heterocycles. The van der Waals surface area contributed by atoms with E-state index in [4.69, 9.17) is 9.72 Å². The van der Waals surface area contributed by atoms with E-state index >= 15 is 0 Å². The SMILES string of the molecule is CCCCCn1c([C@@H]2CC(=O)N(c3ccc(OCC)cc3)C2)nc2ccccc21. The fourth-order valence-electron chi connectivity index (χ4n) is 4.18. The standard InChI is InChI=1S/C24H29N3O2/c1-3-5-8-15-26-22-10-7-6-9-21(22)25-24(26)18-16-23(28)27(17-18)19-11-13-20(14-12-19)29-4-2/h6-7,9-14,18H,3-5,8,15-17H2,1-2H3/t18-/m1/s1. The lowest BCUT2D eigenvalue weighted by Crippen LogP contribution is -2.24. The molecule has 0 aliphatic carbocycles. The molecule has 4 rings (SSSR count). The third kappa shape index (κ3) is 4.00. The van der Waals surface area contributed by atoms with E-state index in [9.17, 15) is 4.79 Å². The van der Waals surface area contributed by atoms with Gasteiger partial charge in [-0.3, -0.25) is 4.79 Å². The van der Waals surface area contributed by atoms with Crippen LogP contribution in [0.2, 0.25) is 0 Å². The summed E-state index contributed by atoms with van der Waals surface area (Å²) in [7, 11) is 0. The number of fused-ring (bicyclic) bond motifs is 1. The number of nitrogens with zero attached hydrogens (tertiary/aromatic N) is 3. The fraction of sp³-hybridized carbons (Fsp3) is 0.417. The Bertz CT molecular complexity index is 977. The van der Waals surface area contributed by atoms with Crippen molar-refractivity contribution in [2.75, 3.05) is 18.1 Å². The summed E-state index contributed by atoms with van der Waals surface area (Å²) in [5.74, 6) is 2.15. The highest BCUT2D eigenvalue weighted by Crippen LogP contribution is 2.34. The number of amides is 1. The third-order valence-electron chi connectivity index (χ3n) is 5.62. The summed E-state index contributed by atoms with van der Waals surface area (Å²) in [5, 5.41) is 0. The van der Waals surface area contributed by atoms with Gasteiger partial charge >= 0.3 is 0 Å². The largest absolute Gasteiger partial charge is 0.494 e. The molecule has 29 heavy (non-hydrogen) atoms. The molecule has 0 saturated carbocycles. The van der Waals surface area contributed by atoms with Gasteiger partial charge in [0.15, 0.2) is 0 Å². The smallest absolute Gasteiger partial charge is 0.227 e. The third-order valence-corrected chi connectivity index (χ3v) is 5.62. The number of benzene rings is 2. The van der Waals surface area contributed by atoms with Crippen molar-refractivity contribution in [2.45, 2.75) is 52.0 Å². The van der Waals surface area contributed by atoms with Crippen molar-refractivity contribution < 1.29 is 9.53 Å². The number of anilines is 1. The number of aryl methyl sites for hydroxylation is 1. The fourth-order valence-corrected chi connectivity index (χ4v) is 4.18. The van der Waals surface area contributed by atoms with Gasteiger partial charge in [-0.2, -0.15) is 0 Å². The van der Waals surface area contributed by atoms with Crippen molar-refractivity contribution in [2.24, 2.45) is 0 Å². The lowest BCUT2D eigenvalue weighted by molar-refractivity contribution is -0.117. The van der Waals surface area contributed by atoms with E-state index in [1.165, 1.54) is 18.4 Å². The van der Waals surface area contributed by atoms with Crippen LogP contribution in [0.4, 0.5) is 5.69 Å². The second kappa shape index (κ2) is 8.68. The van der Waals surface area contributed by atoms with E-state index in [0.29, 0.717) is 19.6 Å². The molecule has 152 valence electrons. The number of hydrogen-bond acceptors (Lipinski definition) is 3. The van der Waals surface area contributed by atoms with Gasteiger partial charge in [-0.1, -0.05) is 31.9 Å². The maximum absolute atomic E-state index is 12.8. The Morgan fingerprint density at radius 1 is 1.07 bits per heavy atom. The summed E-state index contributed by atoms with van der Waals surface area (Å²) >= 11 is 0. The van der Waals surface area contributed by atoms with Crippen LogP contribution in [-0.2, 0) is 11.3 Å². The van der Waals surface area contributed by atoms with Crippen LogP contribution in [0.15, 0.2) is 48.5 Å². The average Bonchev–Trinajstić information content (AvgIpc) is 3.30. The van der Waals surface area contributed by atoms with Crippen molar-refractivity contribution >= 4 is 22.6 Å². The second-order valence-corrected chi connectivity index (χ2v) is 7.65. The molecular weight excluding hydrogens is 362 g/mol. The van der Waals surface area contributed by atoms with E-state index in [1.807, 2.05) is 42.2 Å². The molecule has 1 aliphatic rings. The number of para-hydroxylation sites is 2. The molecule has 2 aromatic carbocycles. The predicted octanol–water partition coefficient (Wildman–Crippen LogP) is 5.15. The molecule has 0 bridgehead atoms. The van der Waals surface area contributed by atoms with Gasteiger partial charge in [0.1, 0.15) is 11.6 Å². The summed E-state index contributed by atoms with van der Waals surface area (Å²) in [6.45, 7) is 6.45. The van der Waals surface area contributed by atoms with E-state index in [0.717, 1.165) is 35.7 Å². The van der Waals surface area contributed by atoms with Gasteiger partial charge in [0.2, 0.25) is 5.91 Å². The van der Waals surface area contributed by atoms with E-state index in [2.05, 4.69) is 29.7 Å². The molecule has 5 nitrogen and oxygen atoms in total. The summed E-state index contributed by atoms with van der Waals surface area (Å²) in [4.78, 5) is 19.6. The molecule has 0 unspecified atom stereocenters. The quantitative estimate of drug-likeness (QED) is 0.499. The molecule has 3 aromatic rings. The number of unbranched alkanes of at least 4 members (excludes halogenated alkanes) is 2. The Morgan fingerprint density at radius 2 is 1.86 bits per heavy atom. The zero-order valence-electron chi connectivity index (χ0n) is 17.3. The Kier molecular flexibility index (Phi) is 5.84. The first-order valence-corrected chi connectivity index (χ1v) is 10.7. The number of carbonyl (C=O) groups is 1. The lowest BCUT2D eigenvalue weighted by atomic mass is 10.1. The number of imidazole rings is 1. The minimum Gasteiger partial charge on any atom is -0.494 e. The molecular formula is C24H29N3O2. The highest BCUT2D eigenvalue weighted by molar-refractivity contribution is 5.96. The molecule has 5 heteroatoms.